The van der Waals surface area contributed by atoms with Crippen LogP contribution in [0.15, 0.2) is 0 Å². The number of aliphatic carboxylic acids is 1. The normalized spacial score (nSPS) is 32.4. The van der Waals surface area contributed by atoms with Crippen LogP contribution < -0.4 is 0 Å². The van der Waals surface area contributed by atoms with Gasteiger partial charge in [-0.1, -0.05) is 19.3 Å². The van der Waals surface area contributed by atoms with Gasteiger partial charge in [-0.25, -0.2) is 8.42 Å². The van der Waals surface area contributed by atoms with Crippen molar-refractivity contribution in [2.75, 3.05) is 18.6 Å². The molecule has 1 aliphatic carbocycles. The largest absolute Gasteiger partial charge is 0.481 e. The second-order valence-corrected chi connectivity index (χ2v) is 8.33. The maximum absolute atomic E-state index is 11.7. The number of likely N-dealkylation sites (N-methyl/N-ethyl adjacent to an activating group) is 1. The maximum Gasteiger partial charge on any atom is 0.305 e. The Morgan fingerprint density at radius 3 is 2.30 bits per heavy atom. The highest BCUT2D eigenvalue weighted by molar-refractivity contribution is 7.91. The average Bonchev–Trinajstić information content (AvgIpc) is 2.62. The van der Waals surface area contributed by atoms with Gasteiger partial charge >= 0.3 is 5.97 Å². The number of hydrogen-bond acceptors (Lipinski definition) is 5. The molecule has 0 spiro atoms. The molecular formula is C13H23NO5S. The van der Waals surface area contributed by atoms with Gasteiger partial charge in [0.25, 0.3) is 0 Å². The Balaban J connectivity index is 2.22. The zero-order valence-electron chi connectivity index (χ0n) is 11.8. The van der Waals surface area contributed by atoms with Gasteiger partial charge in [0.1, 0.15) is 0 Å². The lowest BCUT2D eigenvalue weighted by molar-refractivity contribution is -0.142. The van der Waals surface area contributed by atoms with Crippen LogP contribution in [0.2, 0.25) is 0 Å². The van der Waals surface area contributed by atoms with Crippen LogP contribution in [0.3, 0.4) is 0 Å². The van der Waals surface area contributed by atoms with E-state index in [1.54, 1.807) is 7.05 Å². The summed E-state index contributed by atoms with van der Waals surface area (Å²) in [7, 11) is -1.46. The third kappa shape index (κ3) is 3.15. The van der Waals surface area contributed by atoms with E-state index in [1.165, 1.54) is 0 Å². The van der Waals surface area contributed by atoms with E-state index in [-0.39, 0.29) is 17.9 Å². The van der Waals surface area contributed by atoms with Gasteiger partial charge in [-0.15, -0.1) is 0 Å². The van der Waals surface area contributed by atoms with E-state index in [2.05, 4.69) is 0 Å². The van der Waals surface area contributed by atoms with Crippen molar-refractivity contribution in [3.8, 4) is 0 Å². The molecule has 1 heterocycles. The van der Waals surface area contributed by atoms with Crippen molar-refractivity contribution in [3.05, 3.63) is 0 Å². The highest BCUT2D eigenvalue weighted by Gasteiger charge is 2.47. The van der Waals surface area contributed by atoms with Gasteiger partial charge in [0.05, 0.1) is 30.1 Å². The summed E-state index contributed by atoms with van der Waals surface area (Å²) < 4.78 is 23.3. The summed E-state index contributed by atoms with van der Waals surface area (Å²) in [6.07, 6.45) is 3.57. The number of rotatable bonds is 4. The summed E-state index contributed by atoms with van der Waals surface area (Å²) in [5.41, 5.74) is -0.518. The fourth-order valence-electron chi connectivity index (χ4n) is 3.68. The van der Waals surface area contributed by atoms with Crippen LogP contribution in [0.4, 0.5) is 0 Å². The van der Waals surface area contributed by atoms with Crippen LogP contribution in [0.5, 0.6) is 0 Å². The van der Waals surface area contributed by atoms with Crippen molar-refractivity contribution in [1.82, 2.24) is 4.90 Å². The van der Waals surface area contributed by atoms with Gasteiger partial charge in [-0.3, -0.25) is 9.69 Å². The lowest BCUT2D eigenvalue weighted by atomic mass is 9.77. The highest BCUT2D eigenvalue weighted by atomic mass is 32.2. The average molecular weight is 305 g/mol. The van der Waals surface area contributed by atoms with Gasteiger partial charge in [0, 0.05) is 5.54 Å². The third-order valence-electron chi connectivity index (χ3n) is 4.80. The van der Waals surface area contributed by atoms with Crippen molar-refractivity contribution in [1.29, 1.82) is 0 Å². The number of carboxylic acids is 1. The Bertz CT molecular complexity index is 469. The van der Waals surface area contributed by atoms with Crippen molar-refractivity contribution in [3.63, 3.8) is 0 Å². The minimum Gasteiger partial charge on any atom is -0.481 e. The fraction of sp³-hybridized carbons (Fsp3) is 0.923. The molecule has 0 bridgehead atoms. The second kappa shape index (κ2) is 5.61. The summed E-state index contributed by atoms with van der Waals surface area (Å²) in [4.78, 5) is 13.0. The zero-order chi connectivity index (χ0) is 15.0. The van der Waals surface area contributed by atoms with E-state index in [4.69, 9.17) is 0 Å². The third-order valence-corrected chi connectivity index (χ3v) is 6.50. The second-order valence-electron chi connectivity index (χ2n) is 6.18. The first-order valence-corrected chi connectivity index (χ1v) is 8.91. The minimum atomic E-state index is -3.22. The maximum atomic E-state index is 11.7. The molecule has 0 radical (unpaired) electrons. The van der Waals surface area contributed by atoms with E-state index in [1.807, 2.05) is 4.90 Å². The number of aliphatic hydroxyl groups excluding tert-OH is 1. The molecule has 1 aliphatic heterocycles. The van der Waals surface area contributed by atoms with Gasteiger partial charge in [0.2, 0.25) is 0 Å². The van der Waals surface area contributed by atoms with E-state index in [0.717, 1.165) is 32.1 Å². The Kier molecular flexibility index (Phi) is 4.41. The molecule has 7 heteroatoms. The number of carboxylic acid groups (broad SMARTS) is 1. The molecule has 6 nitrogen and oxygen atoms in total. The molecule has 116 valence electrons. The Morgan fingerprint density at radius 2 is 1.85 bits per heavy atom. The number of sulfone groups is 1. The van der Waals surface area contributed by atoms with Crippen molar-refractivity contribution in [2.45, 2.75) is 56.2 Å². The highest BCUT2D eigenvalue weighted by Crippen LogP contribution is 2.38. The minimum absolute atomic E-state index is 0.00671. The van der Waals surface area contributed by atoms with E-state index < -0.39 is 33.5 Å². The SMILES string of the molecule is CN(C1CS(=O)(=O)CC1O)C1(CC(=O)O)CCCCC1. The molecule has 2 unspecified atom stereocenters. The molecule has 2 fully saturated rings. The molecular weight excluding hydrogens is 282 g/mol. The first-order chi connectivity index (χ1) is 9.26. The molecule has 2 aliphatic rings. The van der Waals surface area contributed by atoms with Crippen molar-refractivity contribution >= 4 is 15.8 Å². The summed E-state index contributed by atoms with van der Waals surface area (Å²) >= 11 is 0. The topological polar surface area (TPSA) is 94.9 Å². The van der Waals surface area contributed by atoms with Crippen molar-refractivity contribution in [2.24, 2.45) is 0 Å². The standard InChI is InChI=1S/C13H23NO5S/c1-14(10-8-20(18,19)9-11(10)15)13(7-12(16)17)5-3-2-4-6-13/h10-11,15H,2-9H2,1H3,(H,16,17). The number of hydrogen-bond donors (Lipinski definition) is 2. The molecule has 0 aromatic carbocycles. The zero-order valence-corrected chi connectivity index (χ0v) is 12.6. The monoisotopic (exact) mass is 305 g/mol. The predicted molar refractivity (Wildman–Crippen MR) is 74.3 cm³/mol. The number of aliphatic hydroxyl groups is 1. The van der Waals surface area contributed by atoms with Crippen LogP contribution in [-0.4, -0.2) is 65.7 Å². The Morgan fingerprint density at radius 1 is 1.25 bits per heavy atom. The molecule has 0 amide bonds. The summed E-state index contributed by atoms with van der Waals surface area (Å²) in [5.74, 6) is -1.16. The van der Waals surface area contributed by atoms with E-state index in [0.29, 0.717) is 0 Å². The first-order valence-electron chi connectivity index (χ1n) is 7.09. The number of nitrogens with zero attached hydrogens (tertiary/aromatic N) is 1. The summed E-state index contributed by atoms with van der Waals surface area (Å²) in [6, 6.07) is -0.488. The van der Waals surface area contributed by atoms with Crippen LogP contribution in [0.1, 0.15) is 38.5 Å². The predicted octanol–water partition coefficient (Wildman–Crippen LogP) is 0.254. The van der Waals surface area contributed by atoms with Gasteiger partial charge < -0.3 is 10.2 Å². The lowest BCUT2D eigenvalue weighted by Crippen LogP contribution is -2.56. The molecule has 20 heavy (non-hydrogen) atoms. The smallest absolute Gasteiger partial charge is 0.305 e. The lowest BCUT2D eigenvalue weighted by Gasteiger charge is -2.47. The van der Waals surface area contributed by atoms with Crippen molar-refractivity contribution < 1.29 is 23.4 Å². The van der Waals surface area contributed by atoms with Crippen LogP contribution >= 0.6 is 0 Å². The Hall–Kier alpha value is -0.660. The van der Waals surface area contributed by atoms with Crippen LogP contribution in [0, 0.1) is 0 Å². The molecule has 0 aromatic rings. The fourth-order valence-corrected chi connectivity index (χ4v) is 5.52. The summed E-state index contributed by atoms with van der Waals surface area (Å²) in [5, 5.41) is 19.2. The molecule has 2 rings (SSSR count). The molecule has 0 aromatic heterocycles. The first kappa shape index (κ1) is 15.7. The van der Waals surface area contributed by atoms with Gasteiger partial charge in [0.15, 0.2) is 9.84 Å². The van der Waals surface area contributed by atoms with Crippen LogP contribution in [-0.2, 0) is 14.6 Å². The molecule has 2 atom stereocenters. The van der Waals surface area contributed by atoms with E-state index >= 15 is 0 Å². The molecule has 1 saturated carbocycles. The number of carbonyl (C=O) groups is 1. The van der Waals surface area contributed by atoms with Gasteiger partial charge in [-0.2, -0.15) is 0 Å². The van der Waals surface area contributed by atoms with Gasteiger partial charge in [-0.05, 0) is 19.9 Å². The molecule has 1 saturated heterocycles. The Labute approximate surface area is 119 Å². The van der Waals surface area contributed by atoms with E-state index in [9.17, 15) is 23.4 Å². The summed E-state index contributed by atoms with van der Waals surface area (Å²) in [6.45, 7) is 0. The van der Waals surface area contributed by atoms with Crippen LogP contribution in [0.25, 0.3) is 0 Å². The quantitative estimate of drug-likeness (QED) is 0.773. The molecule has 2 N–H and O–H groups in total.